The van der Waals surface area contributed by atoms with Crippen LogP contribution in [0.4, 0.5) is 5.69 Å². The summed E-state index contributed by atoms with van der Waals surface area (Å²) in [6.07, 6.45) is 1.78. The van der Waals surface area contributed by atoms with Crippen LogP contribution < -0.4 is 10.5 Å². The molecule has 0 aliphatic carbocycles. The van der Waals surface area contributed by atoms with Crippen LogP contribution in [0.25, 0.3) is 0 Å². The van der Waals surface area contributed by atoms with Gasteiger partial charge in [-0.05, 0) is 40.2 Å². The van der Waals surface area contributed by atoms with Crippen LogP contribution in [0, 0.1) is 0 Å². The van der Waals surface area contributed by atoms with E-state index in [0.717, 1.165) is 21.0 Å². The predicted molar refractivity (Wildman–Crippen MR) is 79.0 cm³/mol. The number of rotatable bonds is 5. The maximum atomic E-state index is 5.79. The molecule has 0 spiro atoms. The van der Waals surface area contributed by atoms with E-state index in [1.807, 2.05) is 36.4 Å². The van der Waals surface area contributed by atoms with Gasteiger partial charge in [0.05, 0.1) is 12.3 Å². The summed E-state index contributed by atoms with van der Waals surface area (Å²) in [5, 5.41) is 0.974. The van der Waals surface area contributed by atoms with Crippen LogP contribution in [0.15, 0.2) is 52.1 Å². The molecule has 1 aromatic carbocycles. The highest BCUT2D eigenvalue weighted by Crippen LogP contribution is 2.25. The van der Waals surface area contributed by atoms with Crippen molar-refractivity contribution in [3.05, 3.63) is 47.1 Å². The molecular weight excluding hydrogens is 312 g/mol. The van der Waals surface area contributed by atoms with E-state index in [1.165, 1.54) is 0 Å². The maximum absolute atomic E-state index is 5.79. The lowest BCUT2D eigenvalue weighted by atomic mass is 10.3. The van der Waals surface area contributed by atoms with Gasteiger partial charge < -0.3 is 10.5 Å². The van der Waals surface area contributed by atoms with Crippen LogP contribution in [-0.4, -0.2) is 17.3 Å². The van der Waals surface area contributed by atoms with Gasteiger partial charge in [-0.25, -0.2) is 4.98 Å². The predicted octanol–water partition coefficient (Wildman–Crippen LogP) is 3.60. The van der Waals surface area contributed by atoms with Gasteiger partial charge in [0.15, 0.2) is 0 Å². The van der Waals surface area contributed by atoms with Crippen LogP contribution in [0.5, 0.6) is 5.75 Å². The van der Waals surface area contributed by atoms with Gasteiger partial charge in [-0.3, -0.25) is 0 Å². The van der Waals surface area contributed by atoms with Gasteiger partial charge in [-0.1, -0.05) is 12.1 Å². The van der Waals surface area contributed by atoms with Gasteiger partial charge in [-0.15, -0.1) is 11.8 Å². The summed E-state index contributed by atoms with van der Waals surface area (Å²) in [6, 6.07) is 11.4. The first-order valence-corrected chi connectivity index (χ1v) is 7.26. The molecule has 1 heterocycles. The molecule has 0 fully saturated rings. The van der Waals surface area contributed by atoms with Gasteiger partial charge >= 0.3 is 0 Å². The van der Waals surface area contributed by atoms with Crippen LogP contribution in [0.3, 0.4) is 0 Å². The topological polar surface area (TPSA) is 48.1 Å². The highest BCUT2D eigenvalue weighted by molar-refractivity contribution is 9.10. The minimum atomic E-state index is 0.599. The van der Waals surface area contributed by atoms with E-state index in [4.69, 9.17) is 10.5 Å². The molecule has 18 heavy (non-hydrogen) atoms. The van der Waals surface area contributed by atoms with Gasteiger partial charge in [0.2, 0.25) is 0 Å². The van der Waals surface area contributed by atoms with Crippen molar-refractivity contribution in [2.24, 2.45) is 0 Å². The smallest absolute Gasteiger partial charge is 0.142 e. The summed E-state index contributed by atoms with van der Waals surface area (Å²) < 4.78 is 6.62. The minimum absolute atomic E-state index is 0.599. The normalized spacial score (nSPS) is 10.3. The number of halogens is 1. The van der Waals surface area contributed by atoms with E-state index < -0.39 is 0 Å². The van der Waals surface area contributed by atoms with Gasteiger partial charge in [0.1, 0.15) is 10.8 Å². The molecule has 0 saturated carbocycles. The largest absolute Gasteiger partial charge is 0.491 e. The average Bonchev–Trinajstić information content (AvgIpc) is 2.38. The summed E-state index contributed by atoms with van der Waals surface area (Å²) in [5.41, 5.74) is 6.45. The van der Waals surface area contributed by atoms with Gasteiger partial charge in [0.25, 0.3) is 0 Å². The Morgan fingerprint density at radius 1 is 1.22 bits per heavy atom. The monoisotopic (exact) mass is 324 g/mol. The van der Waals surface area contributed by atoms with Gasteiger partial charge in [-0.2, -0.15) is 0 Å². The van der Waals surface area contributed by atoms with Crippen molar-refractivity contribution in [3.63, 3.8) is 0 Å². The molecule has 0 bridgehead atoms. The number of nitrogen functional groups attached to an aromatic ring is 1. The molecule has 0 saturated heterocycles. The zero-order chi connectivity index (χ0) is 12.8. The number of nitrogens with two attached hydrogens (primary N) is 1. The number of hydrogen-bond donors (Lipinski definition) is 1. The standard InChI is InChI=1S/C13H13BrN2OS/c14-10-4-3-7-16-13(10)18-9-8-17-12-6-2-1-5-11(12)15/h1-7H,8-9,15H2. The Hall–Kier alpha value is -1.20. The second-order valence-electron chi connectivity index (χ2n) is 3.53. The van der Waals surface area contributed by atoms with Crippen molar-refractivity contribution in [1.29, 1.82) is 0 Å². The lowest BCUT2D eigenvalue weighted by molar-refractivity contribution is 0.346. The van der Waals surface area contributed by atoms with Crippen molar-refractivity contribution < 1.29 is 4.74 Å². The minimum Gasteiger partial charge on any atom is -0.491 e. The second-order valence-corrected chi connectivity index (χ2v) is 5.46. The van der Waals surface area contributed by atoms with Crippen LogP contribution in [0.1, 0.15) is 0 Å². The number of thioether (sulfide) groups is 1. The summed E-state index contributed by atoms with van der Waals surface area (Å²) >= 11 is 5.11. The zero-order valence-corrected chi connectivity index (χ0v) is 12.1. The van der Waals surface area contributed by atoms with E-state index in [1.54, 1.807) is 18.0 Å². The van der Waals surface area contributed by atoms with Crippen molar-refractivity contribution in [1.82, 2.24) is 4.98 Å². The number of benzene rings is 1. The molecule has 2 rings (SSSR count). The highest BCUT2D eigenvalue weighted by atomic mass is 79.9. The lowest BCUT2D eigenvalue weighted by Crippen LogP contribution is -2.02. The molecule has 0 atom stereocenters. The second kappa shape index (κ2) is 6.66. The van der Waals surface area contributed by atoms with E-state index in [0.29, 0.717) is 12.3 Å². The molecule has 5 heteroatoms. The molecule has 94 valence electrons. The molecular formula is C13H13BrN2OS. The summed E-state index contributed by atoms with van der Waals surface area (Å²) in [7, 11) is 0. The Balaban J connectivity index is 1.80. The number of pyridine rings is 1. The SMILES string of the molecule is Nc1ccccc1OCCSc1ncccc1Br. The van der Waals surface area contributed by atoms with E-state index >= 15 is 0 Å². The maximum Gasteiger partial charge on any atom is 0.142 e. The fourth-order valence-electron chi connectivity index (χ4n) is 1.38. The van der Waals surface area contributed by atoms with Crippen molar-refractivity contribution in [2.75, 3.05) is 18.1 Å². The summed E-state index contributed by atoms with van der Waals surface area (Å²) in [5.74, 6) is 1.56. The van der Waals surface area contributed by atoms with Crippen LogP contribution in [-0.2, 0) is 0 Å². The molecule has 2 aromatic rings. The molecule has 0 radical (unpaired) electrons. The first kappa shape index (κ1) is 13.2. The number of para-hydroxylation sites is 2. The van der Waals surface area contributed by atoms with E-state index in [2.05, 4.69) is 20.9 Å². The molecule has 3 nitrogen and oxygen atoms in total. The van der Waals surface area contributed by atoms with Crippen molar-refractivity contribution >= 4 is 33.4 Å². The van der Waals surface area contributed by atoms with Gasteiger partial charge in [0, 0.05) is 16.4 Å². The highest BCUT2D eigenvalue weighted by Gasteiger charge is 2.02. The molecule has 2 N–H and O–H groups in total. The lowest BCUT2D eigenvalue weighted by Gasteiger charge is -2.08. The van der Waals surface area contributed by atoms with Crippen LogP contribution >= 0.6 is 27.7 Å². The summed E-state index contributed by atoms with van der Waals surface area (Å²) in [6.45, 7) is 0.599. The van der Waals surface area contributed by atoms with E-state index in [-0.39, 0.29) is 0 Å². The Kier molecular flexibility index (Phi) is 4.90. The zero-order valence-electron chi connectivity index (χ0n) is 9.67. The fourth-order valence-corrected chi connectivity index (χ4v) is 2.68. The molecule has 0 aliphatic heterocycles. The molecule has 0 aliphatic rings. The average molecular weight is 325 g/mol. The molecule has 0 unspecified atom stereocenters. The Morgan fingerprint density at radius 3 is 2.83 bits per heavy atom. The molecule has 0 amide bonds. The number of ether oxygens (including phenoxy) is 1. The van der Waals surface area contributed by atoms with Crippen LogP contribution in [0.2, 0.25) is 0 Å². The summed E-state index contributed by atoms with van der Waals surface area (Å²) in [4.78, 5) is 4.28. The first-order chi connectivity index (χ1) is 8.77. The van der Waals surface area contributed by atoms with Crippen molar-refractivity contribution in [3.8, 4) is 5.75 Å². The number of nitrogens with zero attached hydrogens (tertiary/aromatic N) is 1. The van der Waals surface area contributed by atoms with Crippen molar-refractivity contribution in [2.45, 2.75) is 5.03 Å². The quantitative estimate of drug-likeness (QED) is 0.518. The first-order valence-electron chi connectivity index (χ1n) is 5.48. The number of anilines is 1. The Morgan fingerprint density at radius 2 is 2.06 bits per heavy atom. The number of aromatic nitrogens is 1. The molecule has 1 aromatic heterocycles. The third-order valence-electron chi connectivity index (χ3n) is 2.22. The third-order valence-corrected chi connectivity index (χ3v) is 4.10. The Bertz CT molecular complexity index is 474. The number of hydrogen-bond acceptors (Lipinski definition) is 4. The van der Waals surface area contributed by atoms with E-state index in [9.17, 15) is 0 Å². The fraction of sp³-hybridized carbons (Fsp3) is 0.154. The third kappa shape index (κ3) is 3.65. The Labute approximate surface area is 119 Å².